The van der Waals surface area contributed by atoms with Crippen LogP contribution in [0.4, 0.5) is 4.79 Å². The lowest BCUT2D eigenvalue weighted by Crippen LogP contribution is -2.51. The van der Waals surface area contributed by atoms with Crippen molar-refractivity contribution in [3.8, 4) is 5.69 Å². The van der Waals surface area contributed by atoms with Gasteiger partial charge in [0.2, 0.25) is 5.82 Å². The van der Waals surface area contributed by atoms with Crippen LogP contribution < -0.4 is 0 Å². The van der Waals surface area contributed by atoms with Gasteiger partial charge in [0.25, 0.3) is 5.91 Å². The van der Waals surface area contributed by atoms with Crippen molar-refractivity contribution in [2.24, 2.45) is 0 Å². The molecule has 138 valence electrons. The highest BCUT2D eigenvalue weighted by Crippen LogP contribution is 2.15. The Morgan fingerprint density at radius 1 is 1.12 bits per heavy atom. The summed E-state index contributed by atoms with van der Waals surface area (Å²) in [5.74, 6) is 0.507. The van der Waals surface area contributed by atoms with E-state index < -0.39 is 0 Å². The molecular formula is C17H20ClN5O3. The molecule has 0 saturated carbocycles. The third-order valence-electron chi connectivity index (χ3n) is 4.12. The van der Waals surface area contributed by atoms with Gasteiger partial charge in [-0.15, -0.1) is 5.10 Å². The standard InChI is InChI=1S/C17H20ClN5O3/c1-3-26-17(25)22-10-8-21(9-11-22)16(24)15-19-12(2)23(20-15)14-6-4-13(18)5-7-14/h4-7H,3,8-11H2,1-2H3. The maximum Gasteiger partial charge on any atom is 0.409 e. The van der Waals surface area contributed by atoms with Crippen LogP contribution in [-0.4, -0.2) is 69.4 Å². The Labute approximate surface area is 156 Å². The molecule has 1 fully saturated rings. The summed E-state index contributed by atoms with van der Waals surface area (Å²) >= 11 is 5.91. The van der Waals surface area contributed by atoms with Gasteiger partial charge >= 0.3 is 6.09 Å². The third-order valence-corrected chi connectivity index (χ3v) is 4.38. The minimum Gasteiger partial charge on any atom is -0.450 e. The zero-order valence-corrected chi connectivity index (χ0v) is 15.4. The van der Waals surface area contributed by atoms with E-state index in [1.54, 1.807) is 40.5 Å². The summed E-state index contributed by atoms with van der Waals surface area (Å²) in [5, 5.41) is 4.96. The zero-order valence-electron chi connectivity index (χ0n) is 14.7. The lowest BCUT2D eigenvalue weighted by atomic mass is 10.3. The summed E-state index contributed by atoms with van der Waals surface area (Å²) in [4.78, 5) is 32.0. The van der Waals surface area contributed by atoms with Crippen molar-refractivity contribution in [3.05, 3.63) is 40.9 Å². The number of piperazine rings is 1. The highest BCUT2D eigenvalue weighted by Gasteiger charge is 2.28. The number of rotatable bonds is 3. The van der Waals surface area contributed by atoms with Gasteiger partial charge in [0, 0.05) is 31.2 Å². The molecule has 0 spiro atoms. The maximum absolute atomic E-state index is 12.7. The van der Waals surface area contributed by atoms with Crippen LogP contribution in [-0.2, 0) is 4.74 Å². The zero-order chi connectivity index (χ0) is 18.7. The number of carbonyl (C=O) groups is 2. The summed E-state index contributed by atoms with van der Waals surface area (Å²) < 4.78 is 6.59. The highest BCUT2D eigenvalue weighted by atomic mass is 35.5. The Balaban J connectivity index is 1.69. The van der Waals surface area contributed by atoms with Gasteiger partial charge in [-0.1, -0.05) is 11.6 Å². The van der Waals surface area contributed by atoms with E-state index in [4.69, 9.17) is 16.3 Å². The van der Waals surface area contributed by atoms with Gasteiger partial charge in [-0.2, -0.15) is 0 Å². The molecule has 2 amide bonds. The second-order valence-electron chi connectivity index (χ2n) is 5.85. The minimum absolute atomic E-state index is 0.141. The second kappa shape index (κ2) is 7.74. The summed E-state index contributed by atoms with van der Waals surface area (Å²) in [6.07, 6.45) is -0.347. The number of halogens is 1. The van der Waals surface area contributed by atoms with E-state index in [2.05, 4.69) is 10.1 Å². The Morgan fingerprint density at radius 2 is 1.73 bits per heavy atom. The van der Waals surface area contributed by atoms with Gasteiger partial charge < -0.3 is 14.5 Å². The predicted octanol–water partition coefficient (Wildman–Crippen LogP) is 2.14. The number of nitrogens with zero attached hydrogens (tertiary/aromatic N) is 5. The molecule has 9 heteroatoms. The summed E-state index contributed by atoms with van der Waals surface area (Å²) in [6, 6.07) is 7.15. The second-order valence-corrected chi connectivity index (χ2v) is 6.29. The summed E-state index contributed by atoms with van der Waals surface area (Å²) in [5.41, 5.74) is 0.783. The normalized spacial score (nSPS) is 14.4. The van der Waals surface area contributed by atoms with Crippen molar-refractivity contribution in [2.45, 2.75) is 13.8 Å². The Kier molecular flexibility index (Phi) is 5.41. The van der Waals surface area contributed by atoms with Crippen molar-refractivity contribution in [3.63, 3.8) is 0 Å². The molecule has 0 unspecified atom stereocenters. The van der Waals surface area contributed by atoms with E-state index in [1.807, 2.05) is 12.1 Å². The topological polar surface area (TPSA) is 80.6 Å². The first-order valence-electron chi connectivity index (χ1n) is 8.40. The van der Waals surface area contributed by atoms with Gasteiger partial charge in [-0.05, 0) is 38.1 Å². The molecule has 3 rings (SSSR count). The van der Waals surface area contributed by atoms with E-state index in [0.717, 1.165) is 5.69 Å². The minimum atomic E-state index is -0.347. The van der Waals surface area contributed by atoms with E-state index in [9.17, 15) is 9.59 Å². The molecule has 0 atom stereocenters. The molecule has 1 aromatic heterocycles. The van der Waals surface area contributed by atoms with Crippen LogP contribution in [0.25, 0.3) is 5.69 Å². The lowest BCUT2D eigenvalue weighted by molar-refractivity contribution is 0.0561. The number of carbonyl (C=O) groups excluding carboxylic acids is 2. The number of ether oxygens (including phenoxy) is 1. The average molecular weight is 378 g/mol. The number of benzene rings is 1. The monoisotopic (exact) mass is 377 g/mol. The van der Waals surface area contributed by atoms with Crippen LogP contribution in [0.2, 0.25) is 5.02 Å². The number of hydrogen-bond acceptors (Lipinski definition) is 5. The van der Waals surface area contributed by atoms with Crippen LogP contribution in [0, 0.1) is 6.92 Å². The van der Waals surface area contributed by atoms with Crippen molar-refractivity contribution < 1.29 is 14.3 Å². The van der Waals surface area contributed by atoms with E-state index in [0.29, 0.717) is 43.6 Å². The Morgan fingerprint density at radius 3 is 2.35 bits per heavy atom. The molecule has 0 aliphatic carbocycles. The van der Waals surface area contributed by atoms with E-state index in [1.165, 1.54) is 0 Å². The van der Waals surface area contributed by atoms with Gasteiger partial charge in [0.15, 0.2) is 0 Å². The quantitative estimate of drug-likeness (QED) is 0.818. The number of aryl methyl sites for hydroxylation is 1. The van der Waals surface area contributed by atoms with Gasteiger partial charge in [-0.25, -0.2) is 14.5 Å². The first-order valence-corrected chi connectivity index (χ1v) is 8.78. The molecule has 2 aromatic rings. The Hall–Kier alpha value is -2.61. The first-order chi connectivity index (χ1) is 12.5. The fraction of sp³-hybridized carbons (Fsp3) is 0.412. The van der Waals surface area contributed by atoms with Crippen molar-refractivity contribution in [1.29, 1.82) is 0 Å². The molecule has 1 aliphatic heterocycles. The highest BCUT2D eigenvalue weighted by molar-refractivity contribution is 6.30. The van der Waals surface area contributed by atoms with Crippen molar-refractivity contribution in [2.75, 3.05) is 32.8 Å². The van der Waals surface area contributed by atoms with Crippen LogP contribution in [0.1, 0.15) is 23.4 Å². The van der Waals surface area contributed by atoms with Gasteiger partial charge in [0.1, 0.15) is 5.82 Å². The molecule has 1 aromatic carbocycles. The summed E-state index contributed by atoms with van der Waals surface area (Å²) in [7, 11) is 0. The van der Waals surface area contributed by atoms with Crippen molar-refractivity contribution >= 4 is 23.6 Å². The molecular weight excluding hydrogens is 358 g/mol. The number of hydrogen-bond donors (Lipinski definition) is 0. The first kappa shape index (κ1) is 18.2. The van der Waals surface area contributed by atoms with Crippen LogP contribution in [0.3, 0.4) is 0 Å². The van der Waals surface area contributed by atoms with Crippen LogP contribution >= 0.6 is 11.6 Å². The lowest BCUT2D eigenvalue weighted by Gasteiger charge is -2.33. The largest absolute Gasteiger partial charge is 0.450 e. The maximum atomic E-state index is 12.7. The Bertz CT molecular complexity index is 797. The summed E-state index contributed by atoms with van der Waals surface area (Å²) in [6.45, 7) is 5.60. The molecule has 0 radical (unpaired) electrons. The van der Waals surface area contributed by atoms with Crippen LogP contribution in [0.5, 0.6) is 0 Å². The fourth-order valence-corrected chi connectivity index (χ4v) is 2.88. The molecule has 26 heavy (non-hydrogen) atoms. The van der Waals surface area contributed by atoms with E-state index >= 15 is 0 Å². The third kappa shape index (κ3) is 3.80. The van der Waals surface area contributed by atoms with Gasteiger partial charge in [0.05, 0.1) is 12.3 Å². The number of aromatic nitrogens is 3. The molecule has 0 N–H and O–H groups in total. The number of amides is 2. The smallest absolute Gasteiger partial charge is 0.409 e. The molecule has 1 saturated heterocycles. The van der Waals surface area contributed by atoms with Crippen LogP contribution in [0.15, 0.2) is 24.3 Å². The molecule has 8 nitrogen and oxygen atoms in total. The molecule has 1 aliphatic rings. The average Bonchev–Trinajstić information content (AvgIpc) is 3.04. The fourth-order valence-electron chi connectivity index (χ4n) is 2.76. The van der Waals surface area contributed by atoms with E-state index in [-0.39, 0.29) is 17.8 Å². The molecule has 2 heterocycles. The predicted molar refractivity (Wildman–Crippen MR) is 95.6 cm³/mol. The van der Waals surface area contributed by atoms with Gasteiger partial charge in [-0.3, -0.25) is 4.79 Å². The van der Waals surface area contributed by atoms with Crippen molar-refractivity contribution in [1.82, 2.24) is 24.6 Å². The molecule has 0 bridgehead atoms. The SMILES string of the molecule is CCOC(=O)N1CCN(C(=O)c2nc(C)n(-c3ccc(Cl)cc3)n2)CC1.